The first kappa shape index (κ1) is 73.2. The number of hydrogen-bond donors (Lipinski definition) is 1. The normalized spacial score (nSPS) is 13.4. The van der Waals surface area contributed by atoms with E-state index in [2.05, 4.69) is 111 Å². The fourth-order valence-corrected chi connectivity index (χ4v) is 8.52. The first-order valence-corrected chi connectivity index (χ1v) is 31.4. The number of unbranched alkanes of at least 4 members (excludes halogenated alkanes) is 26. The molecule has 0 aromatic rings. The number of aliphatic carboxylic acids is 1. The van der Waals surface area contributed by atoms with Crippen LogP contribution in [-0.4, -0.2) is 87.4 Å². The Kier molecular flexibility index (Phi) is 55.5. The Bertz CT molecular complexity index is 1580. The molecule has 0 rings (SSSR count). The average Bonchev–Trinajstić information content (AvgIpc) is 3.40. The van der Waals surface area contributed by atoms with Crippen LogP contribution in [0, 0.1) is 0 Å². The number of likely N-dealkylation sites (N-methyl/N-ethyl adjacent to an activating group) is 1. The lowest BCUT2D eigenvalue weighted by atomic mass is 10.0. The maximum atomic E-state index is 12.9. The number of carbonyl (C=O) groups excluding carboxylic acids is 2. The highest BCUT2D eigenvalue weighted by Gasteiger charge is 2.25. The second kappa shape index (κ2) is 58.4. The molecule has 442 valence electrons. The largest absolute Gasteiger partial charge is 0.477 e. The van der Waals surface area contributed by atoms with Crippen molar-refractivity contribution in [2.75, 3.05) is 47.5 Å². The van der Waals surface area contributed by atoms with Gasteiger partial charge in [-0.15, -0.1) is 0 Å². The first-order chi connectivity index (χ1) is 37.6. The van der Waals surface area contributed by atoms with Crippen molar-refractivity contribution in [3.63, 3.8) is 0 Å². The van der Waals surface area contributed by atoms with Crippen LogP contribution in [0.3, 0.4) is 0 Å². The molecule has 2 atom stereocenters. The number of quaternary nitrogens is 1. The minimum atomic E-state index is -1.51. The van der Waals surface area contributed by atoms with E-state index >= 15 is 0 Å². The Labute approximate surface area is 473 Å². The van der Waals surface area contributed by atoms with Gasteiger partial charge in [0, 0.05) is 12.8 Å². The van der Waals surface area contributed by atoms with E-state index in [0.717, 1.165) is 83.5 Å². The Balaban J connectivity index is 4.15. The summed E-state index contributed by atoms with van der Waals surface area (Å²) in [7, 11) is 5.97. The number of rotatable bonds is 57. The van der Waals surface area contributed by atoms with Crippen molar-refractivity contribution in [1.82, 2.24) is 0 Å². The van der Waals surface area contributed by atoms with E-state index < -0.39 is 24.3 Å². The minimum Gasteiger partial charge on any atom is -0.477 e. The summed E-state index contributed by atoms with van der Waals surface area (Å²) in [6.45, 7) is 4.76. The van der Waals surface area contributed by atoms with Crippen LogP contribution in [0.4, 0.5) is 0 Å². The van der Waals surface area contributed by atoms with Gasteiger partial charge >= 0.3 is 17.9 Å². The topological polar surface area (TPSA) is 108 Å². The molecule has 0 bridgehead atoms. The molecule has 1 N–H and O–H groups in total. The molecule has 0 aliphatic carbocycles. The summed E-state index contributed by atoms with van der Waals surface area (Å²) in [4.78, 5) is 37.5. The number of allylic oxidation sites excluding steroid dienone is 16. The van der Waals surface area contributed by atoms with Gasteiger partial charge in [-0.1, -0.05) is 246 Å². The number of carboxylic acid groups (broad SMARTS) is 1. The standard InChI is InChI=1S/C68H117NO8/c1-6-8-10-12-14-16-18-20-22-24-25-26-27-28-29-30-31-32-33-34-35-36-37-38-39-40-41-43-45-47-49-51-53-55-57-59-66(71)77-64(63-76-68(67(72)73)74-61-60-69(3,4)5)62-75-65(70)58-56-54-52-50-48-46-44-42-23-21-19-17-15-13-11-9-7-2/h8,10,14,16,20-23,25-26,28-29,31-32,34-35,64,68H,6-7,9,11-13,15,17-19,24,27,30,33,36-63H2,1-5H3/p+1/b10-8-,16-14-,22-20-,23-21-,26-25-,29-28-,32-31-,35-34-. The molecule has 0 heterocycles. The highest BCUT2D eigenvalue weighted by atomic mass is 16.7. The zero-order valence-electron chi connectivity index (χ0n) is 50.3. The number of esters is 2. The Morgan fingerprint density at radius 3 is 1.12 bits per heavy atom. The molecule has 0 saturated carbocycles. The monoisotopic (exact) mass is 1080 g/mol. The molecule has 77 heavy (non-hydrogen) atoms. The second-order valence-corrected chi connectivity index (χ2v) is 22.0. The maximum Gasteiger partial charge on any atom is 0.361 e. The van der Waals surface area contributed by atoms with Gasteiger partial charge in [0.25, 0.3) is 6.29 Å². The van der Waals surface area contributed by atoms with Crippen molar-refractivity contribution in [1.29, 1.82) is 0 Å². The van der Waals surface area contributed by atoms with Crippen LogP contribution in [0.2, 0.25) is 0 Å². The third-order valence-electron chi connectivity index (χ3n) is 13.3. The molecular formula is C68H118NO8+. The van der Waals surface area contributed by atoms with E-state index in [1.165, 1.54) is 141 Å². The van der Waals surface area contributed by atoms with Crippen molar-refractivity contribution < 1.29 is 42.9 Å². The van der Waals surface area contributed by atoms with Gasteiger partial charge in [0.2, 0.25) is 0 Å². The van der Waals surface area contributed by atoms with Gasteiger partial charge in [-0.2, -0.15) is 0 Å². The Morgan fingerprint density at radius 1 is 0.403 bits per heavy atom. The number of ether oxygens (including phenoxy) is 4. The first-order valence-electron chi connectivity index (χ1n) is 31.4. The van der Waals surface area contributed by atoms with Crippen LogP contribution < -0.4 is 0 Å². The molecule has 0 aliphatic heterocycles. The van der Waals surface area contributed by atoms with Crippen LogP contribution in [0.5, 0.6) is 0 Å². The lowest BCUT2D eigenvalue weighted by Gasteiger charge is -2.25. The summed E-state index contributed by atoms with van der Waals surface area (Å²) in [6.07, 6.45) is 76.4. The van der Waals surface area contributed by atoms with Crippen molar-refractivity contribution in [3.05, 3.63) is 97.2 Å². The number of carbonyl (C=O) groups is 3. The van der Waals surface area contributed by atoms with Gasteiger partial charge < -0.3 is 28.5 Å². The van der Waals surface area contributed by atoms with Crippen LogP contribution in [0.1, 0.15) is 258 Å². The van der Waals surface area contributed by atoms with Crippen molar-refractivity contribution in [3.8, 4) is 0 Å². The van der Waals surface area contributed by atoms with Gasteiger partial charge in [0.1, 0.15) is 13.2 Å². The number of hydrogen-bond acceptors (Lipinski definition) is 7. The molecule has 0 aliphatic rings. The fraction of sp³-hybridized carbons (Fsp3) is 0.721. The van der Waals surface area contributed by atoms with Crippen LogP contribution in [-0.2, 0) is 33.3 Å². The number of carboxylic acids is 1. The maximum absolute atomic E-state index is 12.9. The fourth-order valence-electron chi connectivity index (χ4n) is 8.52. The van der Waals surface area contributed by atoms with Crippen molar-refractivity contribution >= 4 is 17.9 Å². The molecule has 0 amide bonds. The summed E-state index contributed by atoms with van der Waals surface area (Å²) in [5.74, 6) is -2.01. The van der Waals surface area contributed by atoms with Crippen molar-refractivity contribution in [2.45, 2.75) is 270 Å². The SMILES string of the molecule is CC/C=C\C/C=C\C/C=C\C/C=C\C/C=C\C/C=C\C/C=C\CCCCCCCCCCCCCCCC(=O)OC(COC(=O)CCCCCCCCC/C=C\CCCCCCCC)COC(OCC[N+](C)(C)C)C(=O)O. The molecule has 0 aromatic carbocycles. The predicted octanol–water partition coefficient (Wildman–Crippen LogP) is 18.9. The highest BCUT2D eigenvalue weighted by molar-refractivity contribution is 5.71. The lowest BCUT2D eigenvalue weighted by molar-refractivity contribution is -0.870. The number of nitrogens with zero attached hydrogens (tertiary/aromatic N) is 1. The summed E-state index contributed by atoms with van der Waals surface area (Å²) < 4.78 is 22.9. The molecule has 9 nitrogen and oxygen atoms in total. The van der Waals surface area contributed by atoms with E-state index in [1.807, 2.05) is 21.1 Å². The summed E-state index contributed by atoms with van der Waals surface area (Å²) in [6, 6.07) is 0. The minimum absolute atomic E-state index is 0.184. The van der Waals surface area contributed by atoms with Gasteiger partial charge in [0.15, 0.2) is 6.10 Å². The van der Waals surface area contributed by atoms with Crippen molar-refractivity contribution in [2.24, 2.45) is 0 Å². The van der Waals surface area contributed by atoms with E-state index in [4.69, 9.17) is 18.9 Å². The molecular weight excluding hydrogens is 959 g/mol. The molecule has 0 aromatic heterocycles. The van der Waals surface area contributed by atoms with Crippen LogP contribution >= 0.6 is 0 Å². The third-order valence-corrected chi connectivity index (χ3v) is 13.3. The molecule has 0 spiro atoms. The third kappa shape index (κ3) is 59.7. The average molecular weight is 1080 g/mol. The van der Waals surface area contributed by atoms with Gasteiger partial charge in [-0.25, -0.2) is 4.79 Å². The highest BCUT2D eigenvalue weighted by Crippen LogP contribution is 2.16. The van der Waals surface area contributed by atoms with Gasteiger partial charge in [-0.05, 0) is 96.3 Å². The lowest BCUT2D eigenvalue weighted by Crippen LogP contribution is -2.40. The molecule has 0 radical (unpaired) electrons. The zero-order chi connectivity index (χ0) is 56.2. The quantitative estimate of drug-likeness (QED) is 0.0211. The predicted molar refractivity (Wildman–Crippen MR) is 327 cm³/mol. The Hall–Kier alpha value is -3.79. The summed E-state index contributed by atoms with van der Waals surface area (Å²) in [5.41, 5.74) is 0. The van der Waals surface area contributed by atoms with Crippen LogP contribution in [0.25, 0.3) is 0 Å². The molecule has 0 saturated heterocycles. The molecule has 0 fully saturated rings. The smallest absolute Gasteiger partial charge is 0.361 e. The zero-order valence-corrected chi connectivity index (χ0v) is 50.3. The van der Waals surface area contributed by atoms with Gasteiger partial charge in [0.05, 0.1) is 34.4 Å². The van der Waals surface area contributed by atoms with E-state index in [9.17, 15) is 19.5 Å². The van der Waals surface area contributed by atoms with E-state index in [0.29, 0.717) is 23.9 Å². The van der Waals surface area contributed by atoms with Crippen LogP contribution in [0.15, 0.2) is 97.2 Å². The Morgan fingerprint density at radius 2 is 0.740 bits per heavy atom. The van der Waals surface area contributed by atoms with Gasteiger partial charge in [-0.3, -0.25) is 9.59 Å². The summed E-state index contributed by atoms with van der Waals surface area (Å²) in [5, 5.41) is 9.71. The summed E-state index contributed by atoms with van der Waals surface area (Å²) >= 11 is 0. The molecule has 2 unspecified atom stereocenters. The van der Waals surface area contributed by atoms with E-state index in [-0.39, 0.29) is 32.2 Å². The second-order valence-electron chi connectivity index (χ2n) is 22.0. The van der Waals surface area contributed by atoms with E-state index in [1.54, 1.807) is 0 Å². The molecule has 9 heteroatoms.